The molecule has 1 fully saturated rings. The van der Waals surface area contributed by atoms with E-state index in [-0.39, 0.29) is 15.8 Å². The summed E-state index contributed by atoms with van der Waals surface area (Å²) in [6.07, 6.45) is 1.49. The van der Waals surface area contributed by atoms with Gasteiger partial charge in [-0.25, -0.2) is 16.8 Å². The van der Waals surface area contributed by atoms with Crippen molar-refractivity contribution in [2.45, 2.75) is 42.5 Å². The molecule has 142 valence electrons. The van der Waals surface area contributed by atoms with Crippen LogP contribution in [0, 0.1) is 0 Å². The summed E-state index contributed by atoms with van der Waals surface area (Å²) in [5.41, 5.74) is 0. The lowest BCUT2D eigenvalue weighted by atomic mass is 10.1. The molecule has 1 aliphatic rings. The zero-order chi connectivity index (χ0) is 18.7. The van der Waals surface area contributed by atoms with Crippen LogP contribution in [0.4, 0.5) is 0 Å². The van der Waals surface area contributed by atoms with E-state index in [0.29, 0.717) is 13.1 Å². The number of nitrogens with one attached hydrogen (secondary N) is 1. The van der Waals surface area contributed by atoms with Crippen molar-refractivity contribution in [3.05, 3.63) is 24.3 Å². The maximum atomic E-state index is 12.9. The highest BCUT2D eigenvalue weighted by molar-refractivity contribution is 7.90. The third kappa shape index (κ3) is 4.22. The van der Waals surface area contributed by atoms with Gasteiger partial charge in [0, 0.05) is 26.2 Å². The summed E-state index contributed by atoms with van der Waals surface area (Å²) in [5.74, 6) is 0. The predicted octanol–water partition coefficient (Wildman–Crippen LogP) is 1.09. The second kappa shape index (κ2) is 8.13. The van der Waals surface area contributed by atoms with Crippen LogP contribution in [-0.4, -0.2) is 64.7 Å². The quantitative estimate of drug-likeness (QED) is 0.754. The van der Waals surface area contributed by atoms with Gasteiger partial charge in [-0.1, -0.05) is 19.9 Å². The van der Waals surface area contributed by atoms with Crippen LogP contribution in [0.25, 0.3) is 0 Å². The molecule has 0 bridgehead atoms. The molecule has 1 heterocycles. The highest BCUT2D eigenvalue weighted by Gasteiger charge is 2.30. The summed E-state index contributed by atoms with van der Waals surface area (Å²) in [6.45, 7) is 5.75. The lowest BCUT2D eigenvalue weighted by Crippen LogP contribution is -2.43. The number of hydrogen-bond donors (Lipinski definition) is 1. The molecule has 0 spiro atoms. The van der Waals surface area contributed by atoms with Gasteiger partial charge in [0.15, 0.2) is 0 Å². The molecule has 9 heteroatoms. The number of hydrogen-bond acceptors (Lipinski definition) is 5. The molecular formula is C16H27N3O4S2. The number of nitrogens with zero attached hydrogens (tertiary/aromatic N) is 2. The number of piperidine rings is 1. The van der Waals surface area contributed by atoms with Crippen LogP contribution in [0.5, 0.6) is 0 Å². The molecule has 1 saturated heterocycles. The molecule has 1 aliphatic heterocycles. The van der Waals surface area contributed by atoms with E-state index in [1.807, 2.05) is 0 Å². The zero-order valence-corrected chi connectivity index (χ0v) is 16.6. The molecule has 0 aromatic heterocycles. The minimum Gasteiger partial charge on any atom is -0.317 e. The first-order valence-corrected chi connectivity index (χ1v) is 11.4. The average molecular weight is 390 g/mol. The van der Waals surface area contributed by atoms with E-state index in [1.165, 1.54) is 32.9 Å². The van der Waals surface area contributed by atoms with Gasteiger partial charge in [0.2, 0.25) is 20.0 Å². The van der Waals surface area contributed by atoms with Crippen LogP contribution in [0.3, 0.4) is 0 Å². The Morgan fingerprint density at radius 2 is 1.52 bits per heavy atom. The van der Waals surface area contributed by atoms with Crippen molar-refractivity contribution in [3.8, 4) is 0 Å². The molecule has 25 heavy (non-hydrogen) atoms. The molecular weight excluding hydrogens is 362 g/mol. The van der Waals surface area contributed by atoms with E-state index >= 15 is 0 Å². The van der Waals surface area contributed by atoms with Crippen LogP contribution in [0.15, 0.2) is 34.1 Å². The molecule has 1 aromatic rings. The second-order valence-electron chi connectivity index (χ2n) is 6.07. The normalized spacial score (nSPS) is 17.3. The number of benzene rings is 1. The molecule has 0 radical (unpaired) electrons. The van der Waals surface area contributed by atoms with Gasteiger partial charge in [-0.2, -0.15) is 8.61 Å². The van der Waals surface area contributed by atoms with Gasteiger partial charge in [-0.3, -0.25) is 0 Å². The molecule has 0 atom stereocenters. The largest absolute Gasteiger partial charge is 0.317 e. The van der Waals surface area contributed by atoms with Gasteiger partial charge in [0.25, 0.3) is 0 Å². The molecule has 2 rings (SSSR count). The maximum absolute atomic E-state index is 12.9. The lowest BCUT2D eigenvalue weighted by Gasteiger charge is -2.31. The Balaban J connectivity index is 2.37. The van der Waals surface area contributed by atoms with E-state index in [0.717, 1.165) is 25.9 Å². The minimum absolute atomic E-state index is 0.0102. The monoisotopic (exact) mass is 389 g/mol. The Bertz CT molecular complexity index is 783. The van der Waals surface area contributed by atoms with Gasteiger partial charge in [-0.05, 0) is 44.1 Å². The first kappa shape index (κ1) is 20.3. The van der Waals surface area contributed by atoms with E-state index in [4.69, 9.17) is 0 Å². The minimum atomic E-state index is -3.74. The van der Waals surface area contributed by atoms with Crippen molar-refractivity contribution in [3.63, 3.8) is 0 Å². The highest BCUT2D eigenvalue weighted by atomic mass is 32.2. The first-order chi connectivity index (χ1) is 11.7. The Morgan fingerprint density at radius 3 is 2.04 bits per heavy atom. The molecule has 1 N–H and O–H groups in total. The van der Waals surface area contributed by atoms with Crippen molar-refractivity contribution in [1.82, 2.24) is 13.9 Å². The lowest BCUT2D eigenvalue weighted by molar-refractivity contribution is 0.296. The zero-order valence-electron chi connectivity index (χ0n) is 15.0. The summed E-state index contributed by atoms with van der Waals surface area (Å²) < 4.78 is 53.8. The fourth-order valence-electron chi connectivity index (χ4n) is 3.04. The van der Waals surface area contributed by atoms with Gasteiger partial charge < -0.3 is 5.32 Å². The Morgan fingerprint density at radius 1 is 1.00 bits per heavy atom. The summed E-state index contributed by atoms with van der Waals surface area (Å²) >= 11 is 0. The van der Waals surface area contributed by atoms with Crippen molar-refractivity contribution in [2.75, 3.05) is 33.2 Å². The number of sulfonamides is 2. The van der Waals surface area contributed by atoms with Crippen LogP contribution < -0.4 is 5.32 Å². The summed E-state index contributed by atoms with van der Waals surface area (Å²) in [5, 5.41) is 3.21. The predicted molar refractivity (Wildman–Crippen MR) is 97.4 cm³/mol. The summed E-state index contributed by atoms with van der Waals surface area (Å²) in [4.78, 5) is 0.0257. The molecule has 0 saturated carbocycles. The van der Waals surface area contributed by atoms with Gasteiger partial charge >= 0.3 is 0 Å². The van der Waals surface area contributed by atoms with E-state index < -0.39 is 20.0 Å². The van der Waals surface area contributed by atoms with Gasteiger partial charge in [0.05, 0.1) is 9.79 Å². The molecule has 0 amide bonds. The van der Waals surface area contributed by atoms with Crippen molar-refractivity contribution in [2.24, 2.45) is 0 Å². The second-order valence-corrected chi connectivity index (χ2v) is 10.0. The van der Waals surface area contributed by atoms with Gasteiger partial charge in [0.1, 0.15) is 0 Å². The third-order valence-corrected chi connectivity index (χ3v) is 8.60. The fraction of sp³-hybridized carbons (Fsp3) is 0.625. The Kier molecular flexibility index (Phi) is 6.61. The molecule has 0 aliphatic carbocycles. The first-order valence-electron chi connectivity index (χ1n) is 8.54. The topological polar surface area (TPSA) is 86.8 Å². The van der Waals surface area contributed by atoms with Gasteiger partial charge in [-0.15, -0.1) is 0 Å². The van der Waals surface area contributed by atoms with E-state index in [2.05, 4.69) is 5.32 Å². The van der Waals surface area contributed by atoms with Crippen LogP contribution in [0.1, 0.15) is 26.7 Å². The standard InChI is InChI=1S/C16H27N3O4S2/c1-4-19(5-2)25(22,23)16-8-6-7-15(13-16)24(20,21)18(3)14-9-11-17-12-10-14/h6-8,13-14,17H,4-5,9-12H2,1-3H3. The van der Waals surface area contributed by atoms with Crippen LogP contribution >= 0.6 is 0 Å². The smallest absolute Gasteiger partial charge is 0.243 e. The molecule has 7 nitrogen and oxygen atoms in total. The molecule has 0 unspecified atom stereocenters. The summed E-state index contributed by atoms with van der Waals surface area (Å²) in [6, 6.07) is 5.57. The van der Waals surface area contributed by atoms with Crippen molar-refractivity contribution in [1.29, 1.82) is 0 Å². The maximum Gasteiger partial charge on any atom is 0.243 e. The summed E-state index contributed by atoms with van der Waals surface area (Å²) in [7, 11) is -5.87. The van der Waals surface area contributed by atoms with Crippen molar-refractivity contribution < 1.29 is 16.8 Å². The third-order valence-electron chi connectivity index (χ3n) is 4.65. The highest BCUT2D eigenvalue weighted by Crippen LogP contribution is 2.24. The van der Waals surface area contributed by atoms with E-state index in [9.17, 15) is 16.8 Å². The van der Waals surface area contributed by atoms with Crippen molar-refractivity contribution >= 4 is 20.0 Å². The fourth-order valence-corrected chi connectivity index (χ4v) is 6.08. The number of rotatable bonds is 7. The molecule has 1 aromatic carbocycles. The van der Waals surface area contributed by atoms with Crippen LogP contribution in [0.2, 0.25) is 0 Å². The Labute approximate surface area is 151 Å². The average Bonchev–Trinajstić information content (AvgIpc) is 2.62. The van der Waals surface area contributed by atoms with E-state index in [1.54, 1.807) is 20.9 Å². The van der Waals surface area contributed by atoms with Crippen LogP contribution in [-0.2, 0) is 20.0 Å². The SMILES string of the molecule is CCN(CC)S(=O)(=O)c1cccc(S(=O)(=O)N(C)C2CCNCC2)c1. The Hall–Kier alpha value is -1.00.